The lowest BCUT2D eigenvalue weighted by molar-refractivity contribution is -0.109. The molecule has 1 heterocycles. The van der Waals surface area contributed by atoms with Gasteiger partial charge < -0.3 is 9.31 Å². The standard InChI is InChI=1S/C19H24BNO3S/c1-13-8-7-9-15(11-21)17(13)10-16(12-25-14(2)22)20-23-18(3,4)19(5,6)24-20/h7-10H,12H2,1-6H3. The number of rotatable bonds is 4. The molecular formula is C19H24BNO3S. The molecule has 1 fully saturated rings. The molecule has 1 aliphatic rings. The summed E-state index contributed by atoms with van der Waals surface area (Å²) in [6, 6.07) is 7.85. The number of aryl methyl sites for hydroxylation is 1. The molecule has 132 valence electrons. The van der Waals surface area contributed by atoms with E-state index in [9.17, 15) is 10.1 Å². The van der Waals surface area contributed by atoms with Crippen molar-refractivity contribution in [2.24, 2.45) is 0 Å². The van der Waals surface area contributed by atoms with Crippen molar-refractivity contribution in [1.82, 2.24) is 0 Å². The van der Waals surface area contributed by atoms with Crippen LogP contribution in [0.15, 0.2) is 23.7 Å². The van der Waals surface area contributed by atoms with Gasteiger partial charge in [-0.25, -0.2) is 0 Å². The quantitative estimate of drug-likeness (QED) is 0.758. The number of benzene rings is 1. The number of nitrogens with zero attached hydrogens (tertiary/aromatic N) is 1. The normalized spacial score (nSPS) is 18.9. The number of nitriles is 1. The zero-order chi connectivity index (χ0) is 18.8. The summed E-state index contributed by atoms with van der Waals surface area (Å²) in [7, 11) is -0.539. The predicted octanol–water partition coefficient (Wildman–Crippen LogP) is 4.16. The van der Waals surface area contributed by atoms with Crippen molar-refractivity contribution >= 4 is 30.1 Å². The van der Waals surface area contributed by atoms with Crippen LogP contribution in [0.2, 0.25) is 0 Å². The minimum Gasteiger partial charge on any atom is -0.400 e. The average Bonchev–Trinajstić information content (AvgIpc) is 2.72. The molecule has 1 aromatic rings. The third kappa shape index (κ3) is 4.35. The lowest BCUT2D eigenvalue weighted by Crippen LogP contribution is -2.41. The second-order valence-corrected chi connectivity index (χ2v) is 8.39. The molecule has 0 aromatic heterocycles. The van der Waals surface area contributed by atoms with Gasteiger partial charge in [0.05, 0.1) is 22.8 Å². The Hall–Kier alpha value is -1.55. The van der Waals surface area contributed by atoms with E-state index in [1.54, 1.807) is 13.0 Å². The highest BCUT2D eigenvalue weighted by molar-refractivity contribution is 8.13. The topological polar surface area (TPSA) is 59.3 Å². The molecule has 0 amide bonds. The van der Waals surface area contributed by atoms with Crippen LogP contribution in [0, 0.1) is 18.3 Å². The highest BCUT2D eigenvalue weighted by Gasteiger charge is 2.52. The Labute approximate surface area is 154 Å². The molecule has 0 spiro atoms. The van der Waals surface area contributed by atoms with Crippen molar-refractivity contribution in [2.45, 2.75) is 52.7 Å². The Morgan fingerprint density at radius 2 is 1.88 bits per heavy atom. The number of thioether (sulfide) groups is 1. The van der Waals surface area contributed by atoms with Crippen molar-refractivity contribution in [3.05, 3.63) is 40.4 Å². The van der Waals surface area contributed by atoms with Gasteiger partial charge in [0.25, 0.3) is 0 Å². The molecule has 0 unspecified atom stereocenters. The van der Waals surface area contributed by atoms with Crippen molar-refractivity contribution in [1.29, 1.82) is 5.26 Å². The van der Waals surface area contributed by atoms with Crippen molar-refractivity contribution in [2.75, 3.05) is 5.75 Å². The molecule has 0 aliphatic carbocycles. The monoisotopic (exact) mass is 357 g/mol. The van der Waals surface area contributed by atoms with Gasteiger partial charge in [0.1, 0.15) is 0 Å². The average molecular weight is 357 g/mol. The summed E-state index contributed by atoms with van der Waals surface area (Å²) in [6.07, 6.45) is 1.94. The van der Waals surface area contributed by atoms with Gasteiger partial charge in [-0.15, -0.1) is 0 Å². The molecule has 0 bridgehead atoms. The smallest absolute Gasteiger partial charge is 0.400 e. The summed E-state index contributed by atoms with van der Waals surface area (Å²) in [5.74, 6) is 0.464. The largest absolute Gasteiger partial charge is 0.491 e. The second kappa shape index (κ2) is 7.37. The Kier molecular flexibility index (Phi) is 5.83. The molecule has 0 atom stereocenters. The molecule has 1 saturated heterocycles. The molecular weight excluding hydrogens is 333 g/mol. The molecule has 6 heteroatoms. The first kappa shape index (κ1) is 19.8. The van der Waals surface area contributed by atoms with Crippen LogP contribution >= 0.6 is 11.8 Å². The minimum atomic E-state index is -0.539. The summed E-state index contributed by atoms with van der Waals surface area (Å²) in [5, 5.41) is 9.44. The predicted molar refractivity (Wildman–Crippen MR) is 103 cm³/mol. The molecule has 25 heavy (non-hydrogen) atoms. The van der Waals surface area contributed by atoms with E-state index in [1.807, 2.05) is 52.8 Å². The Morgan fingerprint density at radius 3 is 2.40 bits per heavy atom. The van der Waals surface area contributed by atoms with Crippen LogP contribution < -0.4 is 0 Å². The minimum absolute atomic E-state index is 0.0349. The van der Waals surface area contributed by atoms with E-state index in [0.29, 0.717) is 11.3 Å². The Morgan fingerprint density at radius 1 is 1.28 bits per heavy atom. The molecule has 1 aromatic carbocycles. The fraction of sp³-hybridized carbons (Fsp3) is 0.474. The van der Waals surface area contributed by atoms with Gasteiger partial charge >= 0.3 is 7.12 Å². The Balaban J connectivity index is 2.45. The molecule has 0 saturated carbocycles. The van der Waals surface area contributed by atoms with Crippen LogP contribution in [0.3, 0.4) is 0 Å². The highest BCUT2D eigenvalue weighted by atomic mass is 32.2. The lowest BCUT2D eigenvalue weighted by atomic mass is 9.77. The van der Waals surface area contributed by atoms with Gasteiger partial charge in [0.15, 0.2) is 5.12 Å². The maximum absolute atomic E-state index is 11.5. The first-order chi connectivity index (χ1) is 11.6. The number of carbonyl (C=O) groups excluding carboxylic acids is 1. The Bertz CT molecular complexity index is 734. The summed E-state index contributed by atoms with van der Waals surface area (Å²) >= 11 is 1.21. The van der Waals surface area contributed by atoms with Crippen molar-refractivity contribution < 1.29 is 14.1 Å². The summed E-state index contributed by atoms with van der Waals surface area (Å²) in [5.41, 5.74) is 2.38. The van der Waals surface area contributed by atoms with Gasteiger partial charge in [-0.1, -0.05) is 30.0 Å². The van der Waals surface area contributed by atoms with Crippen LogP contribution in [-0.2, 0) is 14.1 Å². The second-order valence-electron chi connectivity index (χ2n) is 7.24. The third-order valence-corrected chi connectivity index (χ3v) is 5.66. The first-order valence-electron chi connectivity index (χ1n) is 8.26. The summed E-state index contributed by atoms with van der Waals surface area (Å²) in [6.45, 7) is 11.5. The zero-order valence-corrected chi connectivity index (χ0v) is 16.5. The number of hydrogen-bond acceptors (Lipinski definition) is 5. The molecule has 2 rings (SSSR count). The van der Waals surface area contributed by atoms with Gasteiger partial charge in [0, 0.05) is 12.7 Å². The van der Waals surface area contributed by atoms with E-state index in [-0.39, 0.29) is 5.12 Å². The molecule has 4 nitrogen and oxygen atoms in total. The SMILES string of the molecule is CC(=O)SCC(=Cc1c(C)cccc1C#N)B1OC(C)(C)C(C)(C)O1. The molecule has 0 N–H and O–H groups in total. The maximum Gasteiger partial charge on any atom is 0.491 e. The first-order valence-corrected chi connectivity index (χ1v) is 9.25. The van der Waals surface area contributed by atoms with E-state index in [2.05, 4.69) is 6.07 Å². The van der Waals surface area contributed by atoms with Crippen LogP contribution in [0.25, 0.3) is 6.08 Å². The van der Waals surface area contributed by atoms with Gasteiger partial charge in [0.2, 0.25) is 0 Å². The number of hydrogen-bond donors (Lipinski definition) is 0. The van der Waals surface area contributed by atoms with Crippen LogP contribution in [0.4, 0.5) is 0 Å². The van der Waals surface area contributed by atoms with Crippen molar-refractivity contribution in [3.8, 4) is 6.07 Å². The van der Waals surface area contributed by atoms with Crippen LogP contribution in [-0.4, -0.2) is 29.2 Å². The zero-order valence-electron chi connectivity index (χ0n) is 15.7. The molecule has 0 radical (unpaired) electrons. The third-order valence-electron chi connectivity index (χ3n) is 4.77. The maximum atomic E-state index is 11.5. The highest BCUT2D eigenvalue weighted by Crippen LogP contribution is 2.39. The van der Waals surface area contributed by atoms with Gasteiger partial charge in [-0.05, 0) is 57.3 Å². The summed E-state index contributed by atoms with van der Waals surface area (Å²) < 4.78 is 12.3. The van der Waals surface area contributed by atoms with E-state index in [0.717, 1.165) is 16.6 Å². The van der Waals surface area contributed by atoms with E-state index >= 15 is 0 Å². The lowest BCUT2D eigenvalue weighted by Gasteiger charge is -2.32. The van der Waals surface area contributed by atoms with Gasteiger partial charge in [-0.2, -0.15) is 5.26 Å². The van der Waals surface area contributed by atoms with E-state index in [1.165, 1.54) is 11.8 Å². The van der Waals surface area contributed by atoms with E-state index < -0.39 is 18.3 Å². The van der Waals surface area contributed by atoms with Crippen LogP contribution in [0.5, 0.6) is 0 Å². The summed E-state index contributed by atoms with van der Waals surface area (Å²) in [4.78, 5) is 11.5. The van der Waals surface area contributed by atoms with Crippen molar-refractivity contribution in [3.63, 3.8) is 0 Å². The van der Waals surface area contributed by atoms with Crippen LogP contribution in [0.1, 0.15) is 51.3 Å². The number of carbonyl (C=O) groups is 1. The van der Waals surface area contributed by atoms with Gasteiger partial charge in [-0.3, -0.25) is 4.79 Å². The molecule has 1 aliphatic heterocycles. The van der Waals surface area contributed by atoms with E-state index in [4.69, 9.17) is 9.31 Å². The fourth-order valence-electron chi connectivity index (χ4n) is 2.51. The fourth-order valence-corrected chi connectivity index (χ4v) is 3.10.